The van der Waals surface area contributed by atoms with Gasteiger partial charge in [0.25, 0.3) is 0 Å². The maximum atomic E-state index is 11.5. The van der Waals surface area contributed by atoms with E-state index in [2.05, 4.69) is 20.8 Å². The Morgan fingerprint density at radius 1 is 0.533 bits per heavy atom. The molecule has 0 aliphatic rings. The van der Waals surface area contributed by atoms with E-state index in [9.17, 15) is 9.90 Å². The second-order valence-electron chi connectivity index (χ2n) is 10.2. The average molecular weight is 425 g/mol. The molecule has 0 saturated carbocycles. The van der Waals surface area contributed by atoms with Gasteiger partial charge in [0.05, 0.1) is 5.92 Å². The molecular weight excluding hydrogens is 368 g/mol. The average Bonchev–Trinajstić information content (AvgIpc) is 2.71. The van der Waals surface area contributed by atoms with Crippen molar-refractivity contribution in [2.24, 2.45) is 11.8 Å². The van der Waals surface area contributed by atoms with Crippen LogP contribution in [0.15, 0.2) is 0 Å². The maximum Gasteiger partial charge on any atom is 0.306 e. The van der Waals surface area contributed by atoms with Gasteiger partial charge >= 0.3 is 5.97 Å². The number of carbonyl (C=O) groups is 1. The lowest BCUT2D eigenvalue weighted by molar-refractivity contribution is -0.142. The third kappa shape index (κ3) is 22.2. The minimum Gasteiger partial charge on any atom is -0.481 e. The first-order valence-electron chi connectivity index (χ1n) is 13.8. The molecule has 0 bridgehead atoms. The van der Waals surface area contributed by atoms with Crippen molar-refractivity contribution in [3.63, 3.8) is 0 Å². The van der Waals surface area contributed by atoms with Gasteiger partial charge in [0, 0.05) is 0 Å². The van der Waals surface area contributed by atoms with E-state index in [1.807, 2.05) is 0 Å². The number of unbranched alkanes of at least 4 members (excludes halogenated alkanes) is 17. The number of rotatable bonds is 24. The summed E-state index contributed by atoms with van der Waals surface area (Å²) in [5.41, 5.74) is 0. The Labute approximate surface area is 190 Å². The standard InChI is InChI=1S/C28H56O2/c1-4-5-6-7-8-9-10-11-12-13-14-15-18-21-24-27(28(29)30)25-22-19-16-17-20-23-26(2)3/h26-27H,4-25H2,1-3H3,(H,29,30). The van der Waals surface area contributed by atoms with Gasteiger partial charge in [-0.25, -0.2) is 0 Å². The van der Waals surface area contributed by atoms with Crippen molar-refractivity contribution in [3.8, 4) is 0 Å². The molecule has 1 atom stereocenters. The largest absolute Gasteiger partial charge is 0.481 e. The molecule has 0 fully saturated rings. The molecule has 1 N–H and O–H groups in total. The van der Waals surface area contributed by atoms with E-state index in [0.717, 1.165) is 31.6 Å². The molecule has 0 radical (unpaired) electrons. The molecule has 30 heavy (non-hydrogen) atoms. The first-order valence-corrected chi connectivity index (χ1v) is 13.8. The minimum absolute atomic E-state index is 0.0991. The van der Waals surface area contributed by atoms with Gasteiger partial charge in [-0.2, -0.15) is 0 Å². The van der Waals surface area contributed by atoms with Crippen LogP contribution in [0.1, 0.15) is 162 Å². The Morgan fingerprint density at radius 3 is 1.13 bits per heavy atom. The third-order valence-electron chi connectivity index (χ3n) is 6.59. The Kier molecular flexibility index (Phi) is 22.7. The van der Waals surface area contributed by atoms with Crippen molar-refractivity contribution < 1.29 is 9.90 Å². The summed E-state index contributed by atoms with van der Waals surface area (Å²) >= 11 is 0. The van der Waals surface area contributed by atoms with Crippen LogP contribution in [-0.2, 0) is 4.79 Å². The van der Waals surface area contributed by atoms with Crippen LogP contribution in [0.5, 0.6) is 0 Å². The fraction of sp³-hybridized carbons (Fsp3) is 0.964. The van der Waals surface area contributed by atoms with Crippen LogP contribution in [0.3, 0.4) is 0 Å². The second-order valence-corrected chi connectivity index (χ2v) is 10.2. The smallest absolute Gasteiger partial charge is 0.306 e. The summed E-state index contributed by atoms with van der Waals surface area (Å²) in [6.45, 7) is 6.85. The third-order valence-corrected chi connectivity index (χ3v) is 6.59. The van der Waals surface area contributed by atoms with E-state index in [4.69, 9.17) is 0 Å². The zero-order valence-corrected chi connectivity index (χ0v) is 21.1. The van der Waals surface area contributed by atoms with E-state index in [0.29, 0.717) is 0 Å². The summed E-state index contributed by atoms with van der Waals surface area (Å²) in [5, 5.41) is 9.48. The predicted octanol–water partition coefficient (Wildman–Crippen LogP) is 9.95. The second kappa shape index (κ2) is 23.1. The molecule has 180 valence electrons. The van der Waals surface area contributed by atoms with Crippen molar-refractivity contribution >= 4 is 5.97 Å². The predicted molar refractivity (Wildman–Crippen MR) is 133 cm³/mol. The summed E-state index contributed by atoms with van der Waals surface area (Å²) in [7, 11) is 0. The van der Waals surface area contributed by atoms with Crippen molar-refractivity contribution in [2.45, 2.75) is 162 Å². The Bertz CT molecular complexity index is 351. The van der Waals surface area contributed by atoms with Gasteiger partial charge in [-0.1, -0.05) is 149 Å². The lowest BCUT2D eigenvalue weighted by Gasteiger charge is -2.12. The number of carboxylic acids is 1. The van der Waals surface area contributed by atoms with Crippen molar-refractivity contribution in [2.75, 3.05) is 0 Å². The van der Waals surface area contributed by atoms with Crippen molar-refractivity contribution in [1.82, 2.24) is 0 Å². The van der Waals surface area contributed by atoms with Crippen molar-refractivity contribution in [3.05, 3.63) is 0 Å². The molecule has 0 spiro atoms. The monoisotopic (exact) mass is 424 g/mol. The Balaban J connectivity index is 3.42. The molecule has 0 heterocycles. The molecule has 0 saturated heterocycles. The number of carboxylic acid groups (broad SMARTS) is 1. The summed E-state index contributed by atoms with van der Waals surface area (Å²) < 4.78 is 0. The van der Waals surface area contributed by atoms with Gasteiger partial charge in [0.1, 0.15) is 0 Å². The molecule has 2 heteroatoms. The molecule has 0 aromatic heterocycles. The summed E-state index contributed by atoms with van der Waals surface area (Å²) in [6.07, 6.45) is 28.3. The molecule has 0 aromatic rings. The van der Waals surface area contributed by atoms with E-state index < -0.39 is 5.97 Å². The molecular formula is C28H56O2. The van der Waals surface area contributed by atoms with Gasteiger partial charge < -0.3 is 5.11 Å². The van der Waals surface area contributed by atoms with Gasteiger partial charge in [0.15, 0.2) is 0 Å². The van der Waals surface area contributed by atoms with Crippen LogP contribution in [0, 0.1) is 11.8 Å². The van der Waals surface area contributed by atoms with Gasteiger partial charge in [-0.15, -0.1) is 0 Å². The lowest BCUT2D eigenvalue weighted by Crippen LogP contribution is -2.13. The Morgan fingerprint density at radius 2 is 0.833 bits per heavy atom. The zero-order valence-electron chi connectivity index (χ0n) is 21.1. The van der Waals surface area contributed by atoms with E-state index >= 15 is 0 Å². The van der Waals surface area contributed by atoms with Crippen LogP contribution >= 0.6 is 0 Å². The van der Waals surface area contributed by atoms with E-state index in [1.54, 1.807) is 0 Å². The van der Waals surface area contributed by atoms with Crippen LogP contribution in [0.25, 0.3) is 0 Å². The zero-order chi connectivity index (χ0) is 22.3. The first kappa shape index (κ1) is 29.5. The normalized spacial score (nSPS) is 12.5. The number of aliphatic carboxylic acids is 1. The summed E-state index contributed by atoms with van der Waals surface area (Å²) in [5.74, 6) is 0.147. The first-order chi connectivity index (χ1) is 14.6. The summed E-state index contributed by atoms with van der Waals surface area (Å²) in [4.78, 5) is 11.5. The topological polar surface area (TPSA) is 37.3 Å². The highest BCUT2D eigenvalue weighted by Crippen LogP contribution is 2.20. The minimum atomic E-state index is -0.565. The SMILES string of the molecule is CCCCCCCCCCCCCCCCC(CCCCCCCC(C)C)C(=O)O. The lowest BCUT2D eigenvalue weighted by atomic mass is 9.94. The Hall–Kier alpha value is -0.530. The molecule has 0 amide bonds. The molecule has 1 unspecified atom stereocenters. The molecule has 0 aliphatic heterocycles. The van der Waals surface area contributed by atoms with Crippen LogP contribution in [0.2, 0.25) is 0 Å². The van der Waals surface area contributed by atoms with Crippen LogP contribution in [-0.4, -0.2) is 11.1 Å². The fourth-order valence-corrected chi connectivity index (χ4v) is 4.45. The summed E-state index contributed by atoms with van der Waals surface area (Å²) in [6, 6.07) is 0. The van der Waals surface area contributed by atoms with Crippen LogP contribution in [0.4, 0.5) is 0 Å². The highest BCUT2D eigenvalue weighted by molar-refractivity contribution is 5.69. The fourth-order valence-electron chi connectivity index (χ4n) is 4.45. The highest BCUT2D eigenvalue weighted by atomic mass is 16.4. The molecule has 0 aliphatic carbocycles. The maximum absolute atomic E-state index is 11.5. The highest BCUT2D eigenvalue weighted by Gasteiger charge is 2.16. The molecule has 0 rings (SSSR count). The number of hydrogen-bond acceptors (Lipinski definition) is 1. The van der Waals surface area contributed by atoms with Gasteiger partial charge in [-0.05, 0) is 18.8 Å². The quantitative estimate of drug-likeness (QED) is 0.156. The van der Waals surface area contributed by atoms with E-state index in [-0.39, 0.29) is 5.92 Å². The number of hydrogen-bond donors (Lipinski definition) is 1. The van der Waals surface area contributed by atoms with Crippen molar-refractivity contribution in [1.29, 1.82) is 0 Å². The van der Waals surface area contributed by atoms with Gasteiger partial charge in [-0.3, -0.25) is 4.79 Å². The molecule has 2 nitrogen and oxygen atoms in total. The van der Waals surface area contributed by atoms with Gasteiger partial charge in [0.2, 0.25) is 0 Å². The van der Waals surface area contributed by atoms with Crippen LogP contribution < -0.4 is 0 Å². The van der Waals surface area contributed by atoms with E-state index in [1.165, 1.54) is 116 Å². The molecule has 0 aromatic carbocycles.